The van der Waals surface area contributed by atoms with Gasteiger partial charge in [0.15, 0.2) is 6.61 Å². The standard InChI is InChI=1S/C12H13FNO2/c13-7-9-1-3-10(4-2-9)14(11-5-6-11)12(16)8-15/h1-4,11H,5-8H2. The average molecular weight is 222 g/mol. The lowest BCUT2D eigenvalue weighted by Gasteiger charge is -2.21. The number of alkyl halides is 1. The van der Waals surface area contributed by atoms with Crippen LogP contribution in [0.4, 0.5) is 10.1 Å². The molecule has 1 aromatic carbocycles. The second-order valence-corrected chi connectivity index (χ2v) is 3.94. The van der Waals surface area contributed by atoms with Crippen molar-refractivity contribution in [1.29, 1.82) is 0 Å². The number of nitrogens with zero attached hydrogens (tertiary/aromatic N) is 1. The highest BCUT2D eigenvalue weighted by Crippen LogP contribution is 2.31. The summed E-state index contributed by atoms with van der Waals surface area (Å²) in [6.07, 6.45) is 1.88. The van der Waals surface area contributed by atoms with Crippen LogP contribution in [0.3, 0.4) is 0 Å². The van der Waals surface area contributed by atoms with E-state index in [1.54, 1.807) is 24.3 Å². The van der Waals surface area contributed by atoms with E-state index in [4.69, 9.17) is 0 Å². The Kier molecular flexibility index (Phi) is 3.19. The quantitative estimate of drug-likeness (QED) is 0.768. The summed E-state index contributed by atoms with van der Waals surface area (Å²) in [7, 11) is 0. The molecule has 0 aromatic heterocycles. The molecule has 85 valence electrons. The van der Waals surface area contributed by atoms with Crippen LogP contribution in [0.15, 0.2) is 24.3 Å². The van der Waals surface area contributed by atoms with Gasteiger partial charge in [-0.05, 0) is 30.5 Å². The summed E-state index contributed by atoms with van der Waals surface area (Å²) < 4.78 is 12.3. The number of rotatable bonds is 4. The highest BCUT2D eigenvalue weighted by Gasteiger charge is 2.33. The van der Waals surface area contributed by atoms with E-state index in [0.29, 0.717) is 11.3 Å². The third-order valence-electron chi connectivity index (χ3n) is 2.67. The molecule has 0 bridgehead atoms. The van der Waals surface area contributed by atoms with Crippen LogP contribution in [-0.2, 0) is 16.6 Å². The molecule has 1 saturated carbocycles. The monoisotopic (exact) mass is 222 g/mol. The van der Waals surface area contributed by atoms with Crippen molar-refractivity contribution in [1.82, 2.24) is 0 Å². The van der Waals surface area contributed by atoms with E-state index < -0.39 is 19.2 Å². The summed E-state index contributed by atoms with van der Waals surface area (Å²) in [6.45, 7) is -1.25. The minimum Gasteiger partial charge on any atom is -0.307 e. The van der Waals surface area contributed by atoms with Crippen LogP contribution < -0.4 is 4.90 Å². The zero-order chi connectivity index (χ0) is 11.5. The maximum atomic E-state index is 12.3. The first-order valence-corrected chi connectivity index (χ1v) is 5.31. The van der Waals surface area contributed by atoms with E-state index in [1.165, 1.54) is 4.90 Å². The van der Waals surface area contributed by atoms with Crippen molar-refractivity contribution in [3.05, 3.63) is 29.8 Å². The molecule has 0 heterocycles. The maximum Gasteiger partial charge on any atom is 0.256 e. The lowest BCUT2D eigenvalue weighted by molar-refractivity contribution is -0.123. The lowest BCUT2D eigenvalue weighted by atomic mass is 10.2. The zero-order valence-corrected chi connectivity index (χ0v) is 8.86. The topological polar surface area (TPSA) is 40.2 Å². The van der Waals surface area contributed by atoms with Gasteiger partial charge in [-0.3, -0.25) is 4.79 Å². The maximum absolute atomic E-state index is 12.3. The number of benzene rings is 1. The fourth-order valence-corrected chi connectivity index (χ4v) is 1.71. The fraction of sp³-hybridized carbons (Fsp3) is 0.417. The van der Waals surface area contributed by atoms with Crippen molar-refractivity contribution >= 4 is 11.6 Å². The van der Waals surface area contributed by atoms with Gasteiger partial charge in [0.25, 0.3) is 5.91 Å². The molecule has 2 rings (SSSR count). The molecule has 16 heavy (non-hydrogen) atoms. The molecule has 0 spiro atoms. The van der Waals surface area contributed by atoms with Gasteiger partial charge in [-0.25, -0.2) is 9.50 Å². The summed E-state index contributed by atoms with van der Waals surface area (Å²) in [6, 6.07) is 6.84. The van der Waals surface area contributed by atoms with Crippen LogP contribution in [0, 0.1) is 0 Å². The molecule has 0 atom stereocenters. The Bertz CT molecular complexity index is 373. The van der Waals surface area contributed by atoms with Crippen molar-refractivity contribution in [2.45, 2.75) is 25.6 Å². The normalized spacial score (nSPS) is 14.9. The van der Waals surface area contributed by atoms with E-state index in [-0.39, 0.29) is 6.04 Å². The fourth-order valence-electron chi connectivity index (χ4n) is 1.71. The molecule has 0 aliphatic heterocycles. The predicted octanol–water partition coefficient (Wildman–Crippen LogP) is 2.08. The molecule has 1 radical (unpaired) electrons. The Morgan fingerprint density at radius 2 is 1.94 bits per heavy atom. The van der Waals surface area contributed by atoms with Crippen molar-refractivity contribution in [2.75, 3.05) is 11.5 Å². The second kappa shape index (κ2) is 4.61. The lowest BCUT2D eigenvalue weighted by Crippen LogP contribution is -2.34. The first-order chi connectivity index (χ1) is 7.76. The third-order valence-corrected chi connectivity index (χ3v) is 2.67. The SMILES string of the molecule is [O]CC(=O)N(c1ccc(CF)cc1)C1CC1. The van der Waals surface area contributed by atoms with Crippen LogP contribution in [0.25, 0.3) is 0 Å². The Labute approximate surface area is 93.5 Å². The second-order valence-electron chi connectivity index (χ2n) is 3.94. The molecule has 1 aliphatic rings. The van der Waals surface area contributed by atoms with Crippen LogP contribution in [0.2, 0.25) is 0 Å². The minimum atomic E-state index is -0.735. The van der Waals surface area contributed by atoms with E-state index in [2.05, 4.69) is 0 Å². The number of hydrogen-bond acceptors (Lipinski definition) is 1. The minimum absolute atomic E-state index is 0.165. The Morgan fingerprint density at radius 3 is 2.38 bits per heavy atom. The molecular formula is C12H13FNO2. The molecule has 0 saturated heterocycles. The highest BCUT2D eigenvalue weighted by molar-refractivity contribution is 5.95. The van der Waals surface area contributed by atoms with Gasteiger partial charge in [0.05, 0.1) is 0 Å². The van der Waals surface area contributed by atoms with Crippen molar-refractivity contribution < 1.29 is 14.3 Å². The number of hydrogen-bond donors (Lipinski definition) is 0. The number of anilines is 1. The smallest absolute Gasteiger partial charge is 0.256 e. The van der Waals surface area contributed by atoms with Crippen molar-refractivity contribution in [3.63, 3.8) is 0 Å². The van der Waals surface area contributed by atoms with Gasteiger partial charge in [0.2, 0.25) is 0 Å². The van der Waals surface area contributed by atoms with Crippen molar-refractivity contribution in [3.8, 4) is 0 Å². The Balaban J connectivity index is 2.21. The van der Waals surface area contributed by atoms with Crippen LogP contribution in [0.5, 0.6) is 0 Å². The van der Waals surface area contributed by atoms with Gasteiger partial charge < -0.3 is 4.90 Å². The van der Waals surface area contributed by atoms with Crippen LogP contribution in [-0.4, -0.2) is 18.6 Å². The van der Waals surface area contributed by atoms with Gasteiger partial charge in [-0.2, -0.15) is 0 Å². The Morgan fingerprint density at radius 1 is 1.31 bits per heavy atom. The van der Waals surface area contributed by atoms with Gasteiger partial charge in [-0.1, -0.05) is 12.1 Å². The van der Waals surface area contributed by atoms with Gasteiger partial charge >= 0.3 is 0 Å². The average Bonchev–Trinajstić information content (AvgIpc) is 3.14. The van der Waals surface area contributed by atoms with E-state index in [9.17, 15) is 14.3 Å². The van der Waals surface area contributed by atoms with Gasteiger partial charge in [0, 0.05) is 11.7 Å². The molecule has 1 aromatic rings. The highest BCUT2D eigenvalue weighted by atomic mass is 19.1. The molecule has 1 fully saturated rings. The molecule has 0 N–H and O–H groups in total. The molecule has 0 unspecified atom stereocenters. The summed E-state index contributed by atoms with van der Waals surface area (Å²) in [4.78, 5) is 13.0. The van der Waals surface area contributed by atoms with E-state index >= 15 is 0 Å². The first-order valence-electron chi connectivity index (χ1n) is 5.31. The number of carbonyl (C=O) groups excluding carboxylic acids is 1. The molecule has 4 heteroatoms. The van der Waals surface area contributed by atoms with E-state index in [0.717, 1.165) is 12.8 Å². The van der Waals surface area contributed by atoms with Crippen LogP contribution in [0.1, 0.15) is 18.4 Å². The predicted molar refractivity (Wildman–Crippen MR) is 57.3 cm³/mol. The summed E-state index contributed by atoms with van der Waals surface area (Å²) in [5.74, 6) is -0.407. The molecule has 1 aliphatic carbocycles. The molecular weight excluding hydrogens is 209 g/mol. The number of carbonyl (C=O) groups is 1. The molecule has 3 nitrogen and oxygen atoms in total. The van der Waals surface area contributed by atoms with Gasteiger partial charge in [0.1, 0.15) is 6.67 Å². The summed E-state index contributed by atoms with van der Waals surface area (Å²) in [5.41, 5.74) is 1.27. The Hall–Kier alpha value is -1.42. The summed E-state index contributed by atoms with van der Waals surface area (Å²) >= 11 is 0. The molecule has 1 amide bonds. The van der Waals surface area contributed by atoms with Gasteiger partial charge in [-0.15, -0.1) is 0 Å². The largest absolute Gasteiger partial charge is 0.307 e. The zero-order valence-electron chi connectivity index (χ0n) is 8.86. The number of amides is 1. The van der Waals surface area contributed by atoms with E-state index in [1.807, 2.05) is 0 Å². The summed E-state index contributed by atoms with van der Waals surface area (Å²) in [5, 5.41) is 10.6. The number of halogens is 1. The van der Waals surface area contributed by atoms with Crippen molar-refractivity contribution in [2.24, 2.45) is 0 Å². The van der Waals surface area contributed by atoms with Crippen LogP contribution >= 0.6 is 0 Å². The first kappa shape index (κ1) is 11.1. The third kappa shape index (κ3) is 2.22.